The van der Waals surface area contributed by atoms with Gasteiger partial charge in [-0.1, -0.05) is 12.1 Å². The summed E-state index contributed by atoms with van der Waals surface area (Å²) in [6.07, 6.45) is 1.32. The van der Waals surface area contributed by atoms with Crippen molar-refractivity contribution in [3.8, 4) is 5.75 Å². The Bertz CT molecular complexity index is 263. The highest BCUT2D eigenvalue weighted by molar-refractivity contribution is 5.29. The van der Waals surface area contributed by atoms with Crippen molar-refractivity contribution < 1.29 is 9.50 Å². The van der Waals surface area contributed by atoms with Crippen LogP contribution in [0.4, 0.5) is 4.39 Å². The predicted octanol–water partition coefficient (Wildman–Crippen LogP) is 1.42. The average molecular weight is 169 g/mol. The van der Waals surface area contributed by atoms with Crippen molar-refractivity contribution in [2.75, 3.05) is 6.54 Å². The van der Waals surface area contributed by atoms with E-state index >= 15 is 0 Å². The Kier molecular flexibility index (Phi) is 3.05. The van der Waals surface area contributed by atoms with Gasteiger partial charge in [0, 0.05) is 0 Å². The van der Waals surface area contributed by atoms with Crippen LogP contribution in [0.15, 0.2) is 18.2 Å². The molecule has 0 spiro atoms. The number of aromatic hydroxyl groups is 1. The third kappa shape index (κ3) is 1.95. The topological polar surface area (TPSA) is 46.2 Å². The van der Waals surface area contributed by atoms with Gasteiger partial charge in [0.25, 0.3) is 0 Å². The number of halogens is 1. The first kappa shape index (κ1) is 9.00. The highest BCUT2D eigenvalue weighted by Crippen LogP contribution is 2.19. The molecule has 0 saturated heterocycles. The van der Waals surface area contributed by atoms with E-state index in [9.17, 15) is 4.39 Å². The molecule has 1 aromatic rings. The van der Waals surface area contributed by atoms with Gasteiger partial charge in [0.2, 0.25) is 0 Å². The van der Waals surface area contributed by atoms with Crippen LogP contribution in [-0.4, -0.2) is 11.7 Å². The van der Waals surface area contributed by atoms with Crippen LogP contribution in [-0.2, 0) is 6.42 Å². The second kappa shape index (κ2) is 4.07. The lowest BCUT2D eigenvalue weighted by molar-refractivity contribution is 0.428. The number of hydrogen-bond acceptors (Lipinski definition) is 2. The van der Waals surface area contributed by atoms with Crippen molar-refractivity contribution in [3.05, 3.63) is 29.6 Å². The van der Waals surface area contributed by atoms with E-state index in [1.807, 2.05) is 0 Å². The first-order chi connectivity index (χ1) is 5.75. The maximum absolute atomic E-state index is 13.0. The molecule has 0 aliphatic heterocycles. The predicted molar refractivity (Wildman–Crippen MR) is 45.4 cm³/mol. The van der Waals surface area contributed by atoms with Gasteiger partial charge in [-0.15, -0.1) is 0 Å². The van der Waals surface area contributed by atoms with E-state index in [1.165, 1.54) is 6.07 Å². The van der Waals surface area contributed by atoms with E-state index in [-0.39, 0.29) is 5.75 Å². The zero-order valence-electron chi connectivity index (χ0n) is 6.76. The van der Waals surface area contributed by atoms with E-state index in [4.69, 9.17) is 10.8 Å². The van der Waals surface area contributed by atoms with Crippen LogP contribution in [0.3, 0.4) is 0 Å². The van der Waals surface area contributed by atoms with Crippen molar-refractivity contribution in [3.63, 3.8) is 0 Å². The first-order valence-corrected chi connectivity index (χ1v) is 3.92. The van der Waals surface area contributed by atoms with Crippen LogP contribution < -0.4 is 5.73 Å². The van der Waals surface area contributed by atoms with Gasteiger partial charge in [0.05, 0.1) is 0 Å². The zero-order valence-corrected chi connectivity index (χ0v) is 6.76. The summed E-state index contributed by atoms with van der Waals surface area (Å²) in [5, 5.41) is 8.99. The number of rotatable bonds is 3. The van der Waals surface area contributed by atoms with E-state index < -0.39 is 5.82 Å². The van der Waals surface area contributed by atoms with Crippen LogP contribution in [0.1, 0.15) is 12.0 Å². The Labute approximate surface area is 70.8 Å². The standard InChI is InChI=1S/C9H12FNO/c10-9-7(4-2-6-11)3-1-5-8(9)12/h1,3,5,12H,2,4,6,11H2. The molecule has 0 atom stereocenters. The molecule has 0 bridgehead atoms. The molecule has 0 unspecified atom stereocenters. The Hall–Kier alpha value is -1.09. The molecule has 2 nitrogen and oxygen atoms in total. The van der Waals surface area contributed by atoms with Gasteiger partial charge in [-0.3, -0.25) is 0 Å². The second-order valence-electron chi connectivity index (χ2n) is 2.64. The molecule has 12 heavy (non-hydrogen) atoms. The summed E-state index contributed by atoms with van der Waals surface area (Å²) in [6, 6.07) is 4.62. The molecule has 0 aromatic heterocycles. The lowest BCUT2D eigenvalue weighted by atomic mass is 10.1. The average Bonchev–Trinajstić information content (AvgIpc) is 2.08. The van der Waals surface area contributed by atoms with Gasteiger partial charge in [-0.2, -0.15) is 0 Å². The van der Waals surface area contributed by atoms with Crippen LogP contribution in [0.5, 0.6) is 5.75 Å². The van der Waals surface area contributed by atoms with Crippen molar-refractivity contribution in [1.82, 2.24) is 0 Å². The second-order valence-corrected chi connectivity index (χ2v) is 2.64. The fraction of sp³-hybridized carbons (Fsp3) is 0.333. The summed E-state index contributed by atoms with van der Waals surface area (Å²) in [5.41, 5.74) is 5.81. The Morgan fingerprint density at radius 1 is 1.42 bits per heavy atom. The van der Waals surface area contributed by atoms with Crippen LogP contribution in [0.2, 0.25) is 0 Å². The van der Waals surface area contributed by atoms with Gasteiger partial charge >= 0.3 is 0 Å². The molecule has 3 heteroatoms. The van der Waals surface area contributed by atoms with Gasteiger partial charge < -0.3 is 10.8 Å². The van der Waals surface area contributed by atoms with E-state index in [0.29, 0.717) is 18.5 Å². The Morgan fingerprint density at radius 3 is 2.83 bits per heavy atom. The number of aryl methyl sites for hydroxylation is 1. The van der Waals surface area contributed by atoms with Gasteiger partial charge in [0.1, 0.15) is 0 Å². The minimum atomic E-state index is -0.522. The van der Waals surface area contributed by atoms with Crippen molar-refractivity contribution in [2.45, 2.75) is 12.8 Å². The summed E-state index contributed by atoms with van der Waals surface area (Å²) < 4.78 is 13.0. The van der Waals surface area contributed by atoms with Crippen LogP contribution in [0.25, 0.3) is 0 Å². The third-order valence-electron chi connectivity index (χ3n) is 1.71. The molecule has 0 aliphatic rings. The maximum Gasteiger partial charge on any atom is 0.167 e. The molecule has 0 fully saturated rings. The molecular weight excluding hydrogens is 157 g/mol. The molecule has 1 rings (SSSR count). The largest absolute Gasteiger partial charge is 0.505 e. The SMILES string of the molecule is NCCCc1cccc(O)c1F. The zero-order chi connectivity index (χ0) is 8.97. The summed E-state index contributed by atoms with van der Waals surface area (Å²) >= 11 is 0. The van der Waals surface area contributed by atoms with Crippen molar-refractivity contribution >= 4 is 0 Å². The molecular formula is C9H12FNO. The van der Waals surface area contributed by atoms with Gasteiger partial charge in [-0.05, 0) is 31.0 Å². The number of phenols is 1. The first-order valence-electron chi connectivity index (χ1n) is 3.92. The monoisotopic (exact) mass is 169 g/mol. The Morgan fingerprint density at radius 2 is 2.17 bits per heavy atom. The fourth-order valence-corrected chi connectivity index (χ4v) is 1.05. The van der Waals surface area contributed by atoms with E-state index in [1.54, 1.807) is 12.1 Å². The highest BCUT2D eigenvalue weighted by Gasteiger charge is 2.04. The smallest absolute Gasteiger partial charge is 0.167 e. The number of hydrogen-bond donors (Lipinski definition) is 2. The van der Waals surface area contributed by atoms with E-state index in [2.05, 4.69) is 0 Å². The molecule has 66 valence electrons. The summed E-state index contributed by atoms with van der Waals surface area (Å²) in [7, 11) is 0. The lowest BCUT2D eigenvalue weighted by Gasteiger charge is -2.02. The summed E-state index contributed by atoms with van der Waals surface area (Å²) in [6.45, 7) is 0.537. The molecule has 0 saturated carbocycles. The van der Waals surface area contributed by atoms with Gasteiger partial charge in [-0.25, -0.2) is 4.39 Å². The molecule has 0 heterocycles. The lowest BCUT2D eigenvalue weighted by Crippen LogP contribution is -2.01. The minimum absolute atomic E-state index is 0.287. The number of phenolic OH excluding ortho intramolecular Hbond substituents is 1. The number of benzene rings is 1. The molecule has 1 aromatic carbocycles. The minimum Gasteiger partial charge on any atom is -0.505 e. The van der Waals surface area contributed by atoms with Crippen LogP contribution >= 0.6 is 0 Å². The molecule has 0 aliphatic carbocycles. The summed E-state index contributed by atoms with van der Waals surface area (Å²) in [4.78, 5) is 0. The normalized spacial score (nSPS) is 10.2. The van der Waals surface area contributed by atoms with Crippen LogP contribution in [0, 0.1) is 5.82 Å². The molecule has 3 N–H and O–H groups in total. The third-order valence-corrected chi connectivity index (χ3v) is 1.71. The van der Waals surface area contributed by atoms with Crippen molar-refractivity contribution in [2.24, 2.45) is 5.73 Å². The molecule has 0 amide bonds. The Balaban J connectivity index is 2.78. The van der Waals surface area contributed by atoms with Gasteiger partial charge in [0.15, 0.2) is 11.6 Å². The highest BCUT2D eigenvalue weighted by atomic mass is 19.1. The fourth-order valence-electron chi connectivity index (χ4n) is 1.05. The van der Waals surface area contributed by atoms with E-state index in [0.717, 1.165) is 6.42 Å². The summed E-state index contributed by atoms with van der Waals surface area (Å²) in [5.74, 6) is -0.810. The number of nitrogens with two attached hydrogens (primary N) is 1. The molecule has 0 radical (unpaired) electrons. The quantitative estimate of drug-likeness (QED) is 0.718. The maximum atomic E-state index is 13.0. The van der Waals surface area contributed by atoms with Crippen molar-refractivity contribution in [1.29, 1.82) is 0 Å².